The van der Waals surface area contributed by atoms with Crippen LogP contribution in [0.2, 0.25) is 0 Å². The second kappa shape index (κ2) is 5.00. The summed E-state index contributed by atoms with van der Waals surface area (Å²) in [4.78, 5) is 23.6. The molecule has 6 nitrogen and oxygen atoms in total. The number of nitro groups is 1. The van der Waals surface area contributed by atoms with E-state index >= 15 is 0 Å². The lowest BCUT2D eigenvalue weighted by Crippen LogP contribution is -2.06. The van der Waals surface area contributed by atoms with Gasteiger partial charge < -0.3 is 4.74 Å². The van der Waals surface area contributed by atoms with E-state index in [0.717, 1.165) is 7.11 Å². The quantitative estimate of drug-likeness (QED) is 0.474. The van der Waals surface area contributed by atoms with Crippen molar-refractivity contribution in [2.45, 2.75) is 6.43 Å². The van der Waals surface area contributed by atoms with Gasteiger partial charge in [-0.25, -0.2) is 13.8 Å². The van der Waals surface area contributed by atoms with Crippen molar-refractivity contribution in [2.75, 3.05) is 7.11 Å². The van der Waals surface area contributed by atoms with Gasteiger partial charge in [0.2, 0.25) is 5.88 Å². The normalized spacial score (nSPS) is 10.4. The van der Waals surface area contributed by atoms with Crippen LogP contribution in [0.4, 0.5) is 14.5 Å². The lowest BCUT2D eigenvalue weighted by molar-refractivity contribution is -0.386. The van der Waals surface area contributed by atoms with E-state index < -0.39 is 39.4 Å². The molecule has 0 aliphatic carbocycles. The van der Waals surface area contributed by atoms with Crippen LogP contribution >= 0.6 is 11.6 Å². The summed E-state index contributed by atoms with van der Waals surface area (Å²) >= 11 is 5.13. The van der Waals surface area contributed by atoms with Crippen molar-refractivity contribution in [3.8, 4) is 5.88 Å². The molecule has 17 heavy (non-hydrogen) atoms. The Labute approximate surface area is 98.3 Å². The Morgan fingerprint density at radius 2 is 2.24 bits per heavy atom. The highest BCUT2D eigenvalue weighted by atomic mass is 35.5. The van der Waals surface area contributed by atoms with Crippen LogP contribution in [0.3, 0.4) is 0 Å². The first-order chi connectivity index (χ1) is 7.88. The number of nitrogens with zero attached hydrogens (tertiary/aromatic N) is 2. The summed E-state index contributed by atoms with van der Waals surface area (Å²) in [5.74, 6) is -0.481. The SMILES string of the molecule is COc1nc(C(F)F)c([N+](=O)[O-])cc1C(=O)Cl. The van der Waals surface area contributed by atoms with Gasteiger partial charge in [0, 0.05) is 6.07 Å². The van der Waals surface area contributed by atoms with E-state index in [4.69, 9.17) is 11.6 Å². The number of aromatic nitrogens is 1. The smallest absolute Gasteiger partial charge is 0.297 e. The Morgan fingerprint density at radius 1 is 1.65 bits per heavy atom. The van der Waals surface area contributed by atoms with Crippen LogP contribution in [-0.2, 0) is 0 Å². The maximum absolute atomic E-state index is 12.5. The molecule has 0 radical (unpaired) electrons. The summed E-state index contributed by atoms with van der Waals surface area (Å²) in [6.45, 7) is 0. The second-order valence-corrected chi connectivity index (χ2v) is 3.12. The number of hydrogen-bond acceptors (Lipinski definition) is 5. The van der Waals surface area contributed by atoms with Crippen LogP contribution in [0.15, 0.2) is 6.07 Å². The van der Waals surface area contributed by atoms with Gasteiger partial charge in [-0.3, -0.25) is 14.9 Å². The largest absolute Gasteiger partial charge is 0.480 e. The number of methoxy groups -OCH3 is 1. The van der Waals surface area contributed by atoms with Gasteiger partial charge in [0.25, 0.3) is 17.4 Å². The number of ether oxygens (including phenoxy) is 1. The van der Waals surface area contributed by atoms with E-state index in [0.29, 0.717) is 6.07 Å². The minimum absolute atomic E-state index is 0.440. The average molecular weight is 267 g/mol. The Hall–Kier alpha value is -1.83. The lowest BCUT2D eigenvalue weighted by Gasteiger charge is -2.07. The first kappa shape index (κ1) is 13.2. The van der Waals surface area contributed by atoms with Crippen molar-refractivity contribution < 1.29 is 23.2 Å². The van der Waals surface area contributed by atoms with E-state index in [1.165, 1.54) is 0 Å². The first-order valence-corrected chi connectivity index (χ1v) is 4.47. The minimum atomic E-state index is -3.16. The van der Waals surface area contributed by atoms with Crippen molar-refractivity contribution in [3.05, 3.63) is 27.4 Å². The molecule has 0 spiro atoms. The molecule has 1 aromatic heterocycles. The third-order valence-corrected chi connectivity index (χ3v) is 2.01. The highest BCUT2D eigenvalue weighted by Crippen LogP contribution is 2.32. The van der Waals surface area contributed by atoms with Gasteiger partial charge in [-0.2, -0.15) is 0 Å². The van der Waals surface area contributed by atoms with Gasteiger partial charge in [-0.1, -0.05) is 0 Å². The van der Waals surface area contributed by atoms with Crippen molar-refractivity contribution in [1.82, 2.24) is 4.98 Å². The molecule has 92 valence electrons. The summed E-state index contributed by atoms with van der Waals surface area (Å²) < 4.78 is 29.6. The molecule has 0 bridgehead atoms. The predicted molar refractivity (Wildman–Crippen MR) is 52.6 cm³/mol. The molecule has 0 fully saturated rings. The van der Waals surface area contributed by atoms with E-state index in [9.17, 15) is 23.7 Å². The number of pyridine rings is 1. The zero-order chi connectivity index (χ0) is 13.2. The lowest BCUT2D eigenvalue weighted by atomic mass is 10.2. The Balaban J connectivity index is 3.53. The molecule has 0 unspecified atom stereocenters. The average Bonchev–Trinajstić information content (AvgIpc) is 2.26. The molecule has 0 atom stereocenters. The van der Waals surface area contributed by atoms with Crippen molar-refractivity contribution >= 4 is 22.5 Å². The molecule has 0 saturated carbocycles. The fourth-order valence-electron chi connectivity index (χ4n) is 1.10. The van der Waals surface area contributed by atoms with E-state index in [-0.39, 0.29) is 0 Å². The Bertz CT molecular complexity index is 481. The fraction of sp³-hybridized carbons (Fsp3) is 0.250. The second-order valence-electron chi connectivity index (χ2n) is 2.78. The monoisotopic (exact) mass is 266 g/mol. The molecule has 0 aliphatic heterocycles. The van der Waals surface area contributed by atoms with Gasteiger partial charge in [0.1, 0.15) is 5.56 Å². The van der Waals surface area contributed by atoms with E-state index in [1.807, 2.05) is 0 Å². The zero-order valence-corrected chi connectivity index (χ0v) is 9.07. The molecular weight excluding hydrogens is 262 g/mol. The number of alkyl halides is 2. The Kier molecular flexibility index (Phi) is 3.89. The molecule has 0 aliphatic rings. The summed E-state index contributed by atoms with van der Waals surface area (Å²) in [5.41, 5.74) is -2.50. The van der Waals surface area contributed by atoms with E-state index in [1.54, 1.807) is 0 Å². The highest BCUT2D eigenvalue weighted by molar-refractivity contribution is 6.68. The molecule has 1 aromatic rings. The number of hydrogen-bond donors (Lipinski definition) is 0. The molecule has 0 aromatic carbocycles. The molecule has 0 N–H and O–H groups in total. The van der Waals surface area contributed by atoms with Crippen LogP contribution in [0.25, 0.3) is 0 Å². The summed E-state index contributed by atoms with van der Waals surface area (Å²) in [6, 6.07) is 0.614. The zero-order valence-electron chi connectivity index (χ0n) is 8.32. The minimum Gasteiger partial charge on any atom is -0.480 e. The van der Waals surface area contributed by atoms with Crippen molar-refractivity contribution in [3.63, 3.8) is 0 Å². The molecule has 1 heterocycles. The van der Waals surface area contributed by atoms with Crippen LogP contribution in [-0.4, -0.2) is 22.3 Å². The van der Waals surface area contributed by atoms with Crippen LogP contribution < -0.4 is 4.74 Å². The fourth-order valence-corrected chi connectivity index (χ4v) is 1.24. The van der Waals surface area contributed by atoms with Crippen molar-refractivity contribution in [2.24, 2.45) is 0 Å². The number of carbonyl (C=O) groups excluding carboxylic acids is 1. The molecular formula is C8H5ClF2N2O4. The molecule has 0 saturated heterocycles. The molecule has 0 amide bonds. The van der Waals surface area contributed by atoms with Gasteiger partial charge in [0.05, 0.1) is 12.0 Å². The molecule has 1 rings (SSSR count). The third-order valence-electron chi connectivity index (χ3n) is 1.80. The van der Waals surface area contributed by atoms with Crippen LogP contribution in [0.1, 0.15) is 22.5 Å². The summed E-state index contributed by atoms with van der Waals surface area (Å²) in [6.07, 6.45) is -3.16. The van der Waals surface area contributed by atoms with Gasteiger partial charge in [-0.05, 0) is 11.6 Å². The highest BCUT2D eigenvalue weighted by Gasteiger charge is 2.28. The number of carbonyl (C=O) groups is 1. The topological polar surface area (TPSA) is 82.3 Å². The van der Waals surface area contributed by atoms with Gasteiger partial charge in [-0.15, -0.1) is 0 Å². The number of halogens is 3. The maximum atomic E-state index is 12.5. The Morgan fingerprint density at radius 3 is 2.59 bits per heavy atom. The molecule has 9 heteroatoms. The third kappa shape index (κ3) is 2.64. The number of rotatable bonds is 4. The van der Waals surface area contributed by atoms with Gasteiger partial charge >= 0.3 is 0 Å². The van der Waals surface area contributed by atoms with Gasteiger partial charge in [0.15, 0.2) is 5.69 Å². The predicted octanol–water partition coefficient (Wildman–Crippen LogP) is 2.32. The van der Waals surface area contributed by atoms with Crippen molar-refractivity contribution in [1.29, 1.82) is 0 Å². The summed E-state index contributed by atoms with van der Waals surface area (Å²) in [7, 11) is 1.08. The maximum Gasteiger partial charge on any atom is 0.297 e. The standard InChI is InChI=1S/C8H5ClF2N2O4/c1-17-8-3(6(9)14)2-4(13(15)16)5(12-8)7(10)11/h2,7H,1H3. The van der Waals surface area contributed by atoms with Crippen LogP contribution in [0, 0.1) is 10.1 Å². The first-order valence-electron chi connectivity index (χ1n) is 4.09. The van der Waals surface area contributed by atoms with E-state index in [2.05, 4.69) is 9.72 Å². The van der Waals surface area contributed by atoms with Crippen LogP contribution in [0.5, 0.6) is 5.88 Å². The summed E-state index contributed by atoms with van der Waals surface area (Å²) in [5, 5.41) is 9.45.